The molecule has 1 aromatic heterocycles. The highest BCUT2D eigenvalue weighted by atomic mass is 32.1. The largest absolute Gasteiger partial charge is 0.342 e. The quantitative estimate of drug-likeness (QED) is 0.705. The van der Waals surface area contributed by atoms with Crippen molar-refractivity contribution < 1.29 is 9.59 Å². The molecule has 0 bridgehead atoms. The summed E-state index contributed by atoms with van der Waals surface area (Å²) in [5.74, 6) is 1.10. The first-order valence-corrected chi connectivity index (χ1v) is 12.5. The second-order valence-corrected chi connectivity index (χ2v) is 10.1. The zero-order valence-corrected chi connectivity index (χ0v) is 18.6. The molecule has 0 atom stereocenters. The first kappa shape index (κ1) is 20.8. The molecule has 0 N–H and O–H groups in total. The molecule has 0 unspecified atom stereocenters. The first-order chi connectivity index (χ1) is 14.1. The van der Waals surface area contributed by atoms with Gasteiger partial charge in [-0.15, -0.1) is 11.3 Å². The highest BCUT2D eigenvalue weighted by Crippen LogP contribution is 2.33. The molecule has 3 fully saturated rings. The summed E-state index contributed by atoms with van der Waals surface area (Å²) in [5, 5.41) is 3.02. The van der Waals surface area contributed by atoms with Crippen molar-refractivity contribution in [3.8, 4) is 0 Å². The van der Waals surface area contributed by atoms with E-state index in [0.29, 0.717) is 23.6 Å². The van der Waals surface area contributed by atoms with E-state index in [1.54, 1.807) is 11.3 Å². The fourth-order valence-electron chi connectivity index (χ4n) is 5.34. The van der Waals surface area contributed by atoms with E-state index in [9.17, 15) is 9.59 Å². The maximum atomic E-state index is 12.9. The van der Waals surface area contributed by atoms with Gasteiger partial charge in [-0.1, -0.05) is 38.5 Å². The van der Waals surface area contributed by atoms with Crippen molar-refractivity contribution in [1.82, 2.24) is 14.8 Å². The van der Waals surface area contributed by atoms with Crippen LogP contribution in [0.25, 0.3) is 0 Å². The third-order valence-electron chi connectivity index (χ3n) is 7.29. The van der Waals surface area contributed by atoms with Crippen molar-refractivity contribution >= 4 is 23.2 Å². The number of carbonyl (C=O) groups is 2. The van der Waals surface area contributed by atoms with E-state index >= 15 is 0 Å². The number of thiazole rings is 1. The number of nitrogens with zero attached hydrogens (tertiary/aromatic N) is 3. The molecule has 1 aromatic rings. The van der Waals surface area contributed by atoms with Crippen LogP contribution < -0.4 is 0 Å². The van der Waals surface area contributed by atoms with Gasteiger partial charge in [-0.2, -0.15) is 0 Å². The highest BCUT2D eigenvalue weighted by molar-refractivity contribution is 7.09. The summed E-state index contributed by atoms with van der Waals surface area (Å²) in [4.78, 5) is 34.4. The lowest BCUT2D eigenvalue weighted by atomic mass is 9.87. The van der Waals surface area contributed by atoms with Crippen LogP contribution in [0.2, 0.25) is 0 Å². The number of aromatic nitrogens is 1. The zero-order valence-electron chi connectivity index (χ0n) is 17.8. The minimum atomic E-state index is 0.0734. The summed E-state index contributed by atoms with van der Waals surface area (Å²) in [7, 11) is 1.94. The lowest BCUT2D eigenvalue weighted by Crippen LogP contribution is -2.41. The van der Waals surface area contributed by atoms with Crippen LogP contribution in [-0.4, -0.2) is 52.8 Å². The molecule has 4 rings (SSSR count). The molecule has 2 aliphatic carbocycles. The third kappa shape index (κ3) is 4.84. The van der Waals surface area contributed by atoms with Gasteiger partial charge in [0.15, 0.2) is 0 Å². The Kier molecular flexibility index (Phi) is 6.88. The minimum Gasteiger partial charge on any atom is -0.342 e. The van der Waals surface area contributed by atoms with Crippen LogP contribution in [0.1, 0.15) is 98.5 Å². The van der Waals surface area contributed by atoms with Gasteiger partial charge in [0.1, 0.15) is 5.69 Å². The predicted octanol–water partition coefficient (Wildman–Crippen LogP) is 4.83. The molecule has 2 heterocycles. The number of likely N-dealkylation sites (tertiary alicyclic amines) is 1. The molecule has 1 saturated heterocycles. The summed E-state index contributed by atoms with van der Waals surface area (Å²) in [5.41, 5.74) is 0.610. The number of amides is 2. The van der Waals surface area contributed by atoms with Gasteiger partial charge in [0.25, 0.3) is 5.91 Å². The molecule has 0 aromatic carbocycles. The topological polar surface area (TPSA) is 53.5 Å². The summed E-state index contributed by atoms with van der Waals surface area (Å²) in [6.07, 6.45) is 13.8. The molecule has 29 heavy (non-hydrogen) atoms. The molecule has 1 aliphatic heterocycles. The predicted molar refractivity (Wildman–Crippen MR) is 116 cm³/mol. The zero-order chi connectivity index (χ0) is 20.2. The van der Waals surface area contributed by atoms with E-state index in [0.717, 1.165) is 56.6 Å². The summed E-state index contributed by atoms with van der Waals surface area (Å²) in [6.45, 7) is 1.68. The molecule has 160 valence electrons. The van der Waals surface area contributed by atoms with E-state index in [4.69, 9.17) is 4.98 Å². The smallest absolute Gasteiger partial charge is 0.273 e. The third-order valence-corrected chi connectivity index (χ3v) is 8.30. The van der Waals surface area contributed by atoms with Gasteiger partial charge in [-0.05, 0) is 38.5 Å². The van der Waals surface area contributed by atoms with Gasteiger partial charge >= 0.3 is 0 Å². The average molecular weight is 418 g/mol. The monoisotopic (exact) mass is 417 g/mol. The van der Waals surface area contributed by atoms with Crippen molar-refractivity contribution in [2.24, 2.45) is 5.92 Å². The van der Waals surface area contributed by atoms with Crippen molar-refractivity contribution in [1.29, 1.82) is 0 Å². The van der Waals surface area contributed by atoms with Crippen molar-refractivity contribution in [3.63, 3.8) is 0 Å². The van der Waals surface area contributed by atoms with E-state index in [-0.39, 0.29) is 11.8 Å². The fourth-order valence-corrected chi connectivity index (χ4v) is 6.31. The van der Waals surface area contributed by atoms with E-state index in [1.807, 2.05) is 17.3 Å². The molecule has 5 nitrogen and oxygen atoms in total. The van der Waals surface area contributed by atoms with Crippen molar-refractivity contribution in [2.45, 2.75) is 89.0 Å². The Morgan fingerprint density at radius 2 is 1.59 bits per heavy atom. The Labute approximate surface area is 178 Å². The number of hydrogen-bond donors (Lipinski definition) is 0. The summed E-state index contributed by atoms with van der Waals surface area (Å²) in [6, 6.07) is 0.371. The Morgan fingerprint density at radius 3 is 2.24 bits per heavy atom. The number of rotatable bonds is 4. The van der Waals surface area contributed by atoms with Crippen LogP contribution in [0, 0.1) is 5.92 Å². The normalized spacial score (nSPS) is 22.6. The van der Waals surface area contributed by atoms with Crippen molar-refractivity contribution in [3.05, 3.63) is 16.1 Å². The summed E-state index contributed by atoms with van der Waals surface area (Å²) >= 11 is 1.62. The molecular weight excluding hydrogens is 382 g/mol. The lowest BCUT2D eigenvalue weighted by molar-refractivity contribution is -0.137. The number of carbonyl (C=O) groups excluding carboxylic acids is 2. The van der Waals surface area contributed by atoms with Gasteiger partial charge in [-0.3, -0.25) is 9.59 Å². The molecular formula is C23H35N3O2S. The Balaban J connectivity index is 1.31. The van der Waals surface area contributed by atoms with Gasteiger partial charge in [0.05, 0.1) is 5.01 Å². The maximum Gasteiger partial charge on any atom is 0.273 e. The molecule has 2 saturated carbocycles. The average Bonchev–Trinajstić information content (AvgIpc) is 3.29. The van der Waals surface area contributed by atoms with Crippen molar-refractivity contribution in [2.75, 3.05) is 20.1 Å². The van der Waals surface area contributed by atoms with Crippen LogP contribution in [0.4, 0.5) is 0 Å². The van der Waals surface area contributed by atoms with Crippen LogP contribution >= 0.6 is 11.3 Å². The van der Waals surface area contributed by atoms with Gasteiger partial charge in [-0.25, -0.2) is 4.98 Å². The maximum absolute atomic E-state index is 12.9. The SMILES string of the molecule is CN(C(=O)c1csc(C2CCN(C(=O)C3CCCCC3)CC2)n1)C1CCCCC1. The first-order valence-electron chi connectivity index (χ1n) is 11.6. The lowest BCUT2D eigenvalue weighted by Gasteiger charge is -2.34. The molecule has 2 amide bonds. The minimum absolute atomic E-state index is 0.0734. The van der Waals surface area contributed by atoms with Crippen LogP contribution in [-0.2, 0) is 4.79 Å². The Bertz CT molecular complexity index is 699. The fraction of sp³-hybridized carbons (Fsp3) is 0.783. The molecule has 3 aliphatic rings. The van der Waals surface area contributed by atoms with Gasteiger partial charge < -0.3 is 9.80 Å². The second kappa shape index (κ2) is 9.59. The van der Waals surface area contributed by atoms with E-state index in [1.165, 1.54) is 38.5 Å². The van der Waals surface area contributed by atoms with E-state index in [2.05, 4.69) is 4.90 Å². The van der Waals surface area contributed by atoms with E-state index < -0.39 is 0 Å². The van der Waals surface area contributed by atoms with Crippen LogP contribution in [0.5, 0.6) is 0 Å². The number of piperidine rings is 1. The molecule has 0 spiro atoms. The summed E-state index contributed by atoms with van der Waals surface area (Å²) < 4.78 is 0. The second-order valence-electron chi connectivity index (χ2n) is 9.21. The van der Waals surface area contributed by atoms with Gasteiger partial charge in [0.2, 0.25) is 5.91 Å². The van der Waals surface area contributed by atoms with Crippen LogP contribution in [0.15, 0.2) is 5.38 Å². The highest BCUT2D eigenvalue weighted by Gasteiger charge is 2.31. The number of hydrogen-bond acceptors (Lipinski definition) is 4. The Morgan fingerprint density at radius 1 is 0.966 bits per heavy atom. The van der Waals surface area contributed by atoms with Crippen LogP contribution in [0.3, 0.4) is 0 Å². The molecule has 0 radical (unpaired) electrons. The van der Waals surface area contributed by atoms with Gasteiger partial charge in [0, 0.05) is 43.4 Å². The molecule has 6 heteroatoms. The Hall–Kier alpha value is -1.43. The standard InChI is InChI=1S/C23H35N3O2S/c1-25(19-10-6-3-7-11-19)23(28)20-16-29-21(24-20)17-12-14-26(15-13-17)22(27)18-8-4-2-5-9-18/h16-19H,2-15H2,1H3.